The maximum atomic E-state index is 6.03. The summed E-state index contributed by atoms with van der Waals surface area (Å²) in [6.45, 7) is 8.56. The summed E-state index contributed by atoms with van der Waals surface area (Å²) in [6.07, 6.45) is 4.94. The molecule has 2 N–H and O–H groups in total. The number of nitrogens with zero attached hydrogens (tertiary/aromatic N) is 2. The van der Waals surface area contributed by atoms with E-state index >= 15 is 0 Å². The lowest BCUT2D eigenvalue weighted by Gasteiger charge is -2.39. The lowest BCUT2D eigenvalue weighted by atomic mass is 9.90. The molecule has 2 unspecified atom stereocenters. The van der Waals surface area contributed by atoms with Crippen molar-refractivity contribution in [2.24, 2.45) is 11.7 Å². The molecule has 1 saturated heterocycles. The Kier molecular flexibility index (Phi) is 4.32. The maximum absolute atomic E-state index is 6.03. The predicted octanol–water partition coefficient (Wildman–Crippen LogP) is 3.22. The Balaban J connectivity index is 1.90. The average molecular weight is 285 g/mol. The molecule has 1 aliphatic heterocycles. The molecule has 1 aromatic heterocycles. The fourth-order valence-electron chi connectivity index (χ4n) is 3.84. The largest absolute Gasteiger partial charge is 0.347 e. The zero-order chi connectivity index (χ0) is 14.8. The van der Waals surface area contributed by atoms with Crippen LogP contribution in [0.1, 0.15) is 32.3 Å². The quantitative estimate of drug-likeness (QED) is 0.936. The summed E-state index contributed by atoms with van der Waals surface area (Å²) >= 11 is 0. The van der Waals surface area contributed by atoms with E-state index in [0.29, 0.717) is 12.0 Å². The lowest BCUT2D eigenvalue weighted by molar-refractivity contribution is 0.0994. The first-order valence-corrected chi connectivity index (χ1v) is 8.25. The van der Waals surface area contributed by atoms with Gasteiger partial charge < -0.3 is 10.3 Å². The van der Waals surface area contributed by atoms with Crippen molar-refractivity contribution in [3.05, 3.63) is 36.0 Å². The smallest absolute Gasteiger partial charge is 0.0483 e. The second-order valence-corrected chi connectivity index (χ2v) is 6.35. The Morgan fingerprint density at radius 1 is 1.29 bits per heavy atom. The van der Waals surface area contributed by atoms with Crippen LogP contribution in [0.4, 0.5) is 0 Å². The molecule has 0 amide bonds. The minimum atomic E-state index is 0.530. The van der Waals surface area contributed by atoms with Crippen molar-refractivity contribution in [3.8, 4) is 0 Å². The molecule has 1 aromatic carbocycles. The van der Waals surface area contributed by atoms with Crippen molar-refractivity contribution in [1.29, 1.82) is 0 Å². The highest BCUT2D eigenvalue weighted by Crippen LogP contribution is 2.28. The van der Waals surface area contributed by atoms with Gasteiger partial charge in [-0.2, -0.15) is 0 Å². The number of likely N-dealkylation sites (tertiary alicyclic amines) is 1. The summed E-state index contributed by atoms with van der Waals surface area (Å²) in [6, 6.07) is 9.28. The third-order valence-corrected chi connectivity index (χ3v) is 5.06. The molecule has 0 radical (unpaired) electrons. The van der Waals surface area contributed by atoms with Crippen LogP contribution in [0.5, 0.6) is 0 Å². The van der Waals surface area contributed by atoms with E-state index in [1.165, 1.54) is 35.9 Å². The molecule has 1 aliphatic rings. The molecule has 0 saturated carbocycles. The van der Waals surface area contributed by atoms with Gasteiger partial charge in [0, 0.05) is 42.8 Å². The zero-order valence-corrected chi connectivity index (χ0v) is 13.3. The van der Waals surface area contributed by atoms with Crippen molar-refractivity contribution in [2.75, 3.05) is 13.1 Å². The average Bonchev–Trinajstić information content (AvgIpc) is 2.86. The normalized spacial score (nSPS) is 23.8. The molecular weight excluding hydrogens is 258 g/mol. The van der Waals surface area contributed by atoms with E-state index in [-0.39, 0.29) is 0 Å². The number of rotatable bonds is 4. The summed E-state index contributed by atoms with van der Waals surface area (Å²) in [7, 11) is 0. The van der Waals surface area contributed by atoms with Gasteiger partial charge in [-0.15, -0.1) is 0 Å². The molecule has 0 spiro atoms. The van der Waals surface area contributed by atoms with Gasteiger partial charge in [0.15, 0.2) is 0 Å². The monoisotopic (exact) mass is 285 g/mol. The molecule has 3 nitrogen and oxygen atoms in total. The van der Waals surface area contributed by atoms with Gasteiger partial charge in [0.25, 0.3) is 0 Å². The second-order valence-electron chi connectivity index (χ2n) is 6.35. The lowest BCUT2D eigenvalue weighted by Crippen LogP contribution is -2.47. The number of hydrogen-bond donors (Lipinski definition) is 1. The molecule has 3 rings (SSSR count). The first-order chi connectivity index (χ1) is 10.2. The topological polar surface area (TPSA) is 34.2 Å². The van der Waals surface area contributed by atoms with Crippen LogP contribution in [0.25, 0.3) is 10.9 Å². The van der Waals surface area contributed by atoms with E-state index in [2.05, 4.69) is 53.8 Å². The minimum absolute atomic E-state index is 0.530. The van der Waals surface area contributed by atoms with Gasteiger partial charge in [-0.1, -0.05) is 25.1 Å². The third kappa shape index (κ3) is 2.72. The first-order valence-electron chi connectivity index (χ1n) is 8.25. The molecule has 2 heterocycles. The highest BCUT2D eigenvalue weighted by atomic mass is 15.2. The summed E-state index contributed by atoms with van der Waals surface area (Å²) in [5, 5.41) is 1.40. The van der Waals surface area contributed by atoms with Crippen molar-refractivity contribution in [3.63, 3.8) is 0 Å². The number of aryl methyl sites for hydroxylation is 1. The van der Waals surface area contributed by atoms with Crippen LogP contribution < -0.4 is 5.73 Å². The molecule has 2 atom stereocenters. The minimum Gasteiger partial charge on any atom is -0.347 e. The fraction of sp³-hybridized carbons (Fsp3) is 0.556. The summed E-state index contributed by atoms with van der Waals surface area (Å²) in [5.41, 5.74) is 8.83. The Morgan fingerprint density at radius 2 is 2.10 bits per heavy atom. The van der Waals surface area contributed by atoms with Gasteiger partial charge in [0.2, 0.25) is 0 Å². The maximum Gasteiger partial charge on any atom is 0.0483 e. The molecular formula is C18H27N3. The number of hydrogen-bond acceptors (Lipinski definition) is 2. The second kappa shape index (κ2) is 6.20. The molecule has 3 heteroatoms. The standard InChI is InChI=1S/C18H27N3/c1-3-20-12-15(16-8-4-5-9-17(16)20)13-21-10-6-7-14(2)18(21)11-19/h4-5,8-9,12,14,18H,3,6-7,10-11,13,19H2,1-2H3. The Morgan fingerprint density at radius 3 is 2.86 bits per heavy atom. The van der Waals surface area contributed by atoms with Gasteiger partial charge >= 0.3 is 0 Å². The predicted molar refractivity (Wildman–Crippen MR) is 89.3 cm³/mol. The number of fused-ring (bicyclic) bond motifs is 1. The van der Waals surface area contributed by atoms with Gasteiger partial charge in [-0.3, -0.25) is 4.90 Å². The first kappa shape index (κ1) is 14.6. The summed E-state index contributed by atoms with van der Waals surface area (Å²) in [5.74, 6) is 0.711. The number of piperidine rings is 1. The molecule has 114 valence electrons. The Hall–Kier alpha value is -1.32. The van der Waals surface area contributed by atoms with Crippen molar-refractivity contribution in [2.45, 2.75) is 45.8 Å². The van der Waals surface area contributed by atoms with Crippen LogP contribution in [-0.4, -0.2) is 28.6 Å². The van der Waals surface area contributed by atoms with Crippen LogP contribution in [0.2, 0.25) is 0 Å². The number of benzene rings is 1. The Labute approximate surface area is 127 Å². The fourth-order valence-corrected chi connectivity index (χ4v) is 3.84. The molecule has 0 bridgehead atoms. The molecule has 21 heavy (non-hydrogen) atoms. The SMILES string of the molecule is CCn1cc(CN2CCCC(C)C2CN)c2ccccc21. The van der Waals surface area contributed by atoms with E-state index in [9.17, 15) is 0 Å². The van der Waals surface area contributed by atoms with Crippen molar-refractivity contribution < 1.29 is 0 Å². The third-order valence-electron chi connectivity index (χ3n) is 5.06. The number of nitrogens with two attached hydrogens (primary N) is 1. The van der Waals surface area contributed by atoms with E-state index in [1.54, 1.807) is 0 Å². The van der Waals surface area contributed by atoms with Gasteiger partial charge in [0.1, 0.15) is 0 Å². The van der Waals surface area contributed by atoms with Crippen LogP contribution in [0.15, 0.2) is 30.5 Å². The summed E-state index contributed by atoms with van der Waals surface area (Å²) < 4.78 is 2.36. The van der Waals surface area contributed by atoms with Crippen molar-refractivity contribution >= 4 is 10.9 Å². The van der Waals surface area contributed by atoms with E-state index in [0.717, 1.165) is 19.6 Å². The molecule has 1 fully saturated rings. The Bertz CT molecular complexity index is 602. The van der Waals surface area contributed by atoms with Crippen LogP contribution in [0, 0.1) is 5.92 Å². The zero-order valence-electron chi connectivity index (χ0n) is 13.3. The summed E-state index contributed by atoms with van der Waals surface area (Å²) in [4.78, 5) is 2.59. The molecule has 0 aliphatic carbocycles. The van der Waals surface area contributed by atoms with Crippen LogP contribution >= 0.6 is 0 Å². The highest BCUT2D eigenvalue weighted by Gasteiger charge is 2.27. The van der Waals surface area contributed by atoms with Gasteiger partial charge in [0.05, 0.1) is 0 Å². The number of para-hydroxylation sites is 1. The van der Waals surface area contributed by atoms with E-state index < -0.39 is 0 Å². The van der Waals surface area contributed by atoms with Crippen LogP contribution in [-0.2, 0) is 13.1 Å². The highest BCUT2D eigenvalue weighted by molar-refractivity contribution is 5.83. The van der Waals surface area contributed by atoms with Gasteiger partial charge in [-0.25, -0.2) is 0 Å². The van der Waals surface area contributed by atoms with Gasteiger partial charge in [-0.05, 0) is 43.9 Å². The molecule has 2 aromatic rings. The van der Waals surface area contributed by atoms with Crippen molar-refractivity contribution in [1.82, 2.24) is 9.47 Å². The van der Waals surface area contributed by atoms with Crippen LogP contribution in [0.3, 0.4) is 0 Å². The van der Waals surface area contributed by atoms with E-state index in [4.69, 9.17) is 5.73 Å². The number of aromatic nitrogens is 1. The van der Waals surface area contributed by atoms with E-state index in [1.807, 2.05) is 0 Å².